The van der Waals surface area contributed by atoms with Crippen LogP contribution in [0.5, 0.6) is 0 Å². The van der Waals surface area contributed by atoms with Crippen molar-refractivity contribution in [3.63, 3.8) is 0 Å². The van der Waals surface area contributed by atoms with Crippen LogP contribution in [0.1, 0.15) is 37.7 Å². The van der Waals surface area contributed by atoms with Gasteiger partial charge >= 0.3 is 0 Å². The Kier molecular flexibility index (Phi) is 6.19. The van der Waals surface area contributed by atoms with Crippen LogP contribution in [0.15, 0.2) is 4.47 Å². The number of ether oxygens (including phenoxy) is 2. The molecule has 0 aliphatic carbocycles. The maximum Gasteiger partial charge on any atom is 0.144 e. The molecule has 1 aliphatic heterocycles. The van der Waals surface area contributed by atoms with Gasteiger partial charge in [0, 0.05) is 26.7 Å². The van der Waals surface area contributed by atoms with Gasteiger partial charge in [0.05, 0.1) is 22.9 Å². The van der Waals surface area contributed by atoms with Crippen molar-refractivity contribution in [2.75, 3.05) is 25.6 Å². The van der Waals surface area contributed by atoms with Gasteiger partial charge in [0.15, 0.2) is 0 Å². The second kappa shape index (κ2) is 7.90. The number of rotatable bonds is 6. The topological polar surface area (TPSA) is 56.3 Å². The fourth-order valence-electron chi connectivity index (χ4n) is 2.32. The summed E-state index contributed by atoms with van der Waals surface area (Å²) in [6.07, 6.45) is 4.49. The molecule has 1 atom stereocenters. The molecule has 2 heterocycles. The molecule has 0 spiro atoms. The third-order valence-electron chi connectivity index (χ3n) is 3.28. The van der Waals surface area contributed by atoms with E-state index < -0.39 is 0 Å². The summed E-state index contributed by atoms with van der Waals surface area (Å²) in [4.78, 5) is 9.19. The summed E-state index contributed by atoms with van der Waals surface area (Å²) in [6, 6.07) is 0. The number of halogens is 1. The molecule has 112 valence electrons. The van der Waals surface area contributed by atoms with Gasteiger partial charge in [0.1, 0.15) is 11.6 Å². The van der Waals surface area contributed by atoms with Crippen molar-refractivity contribution in [2.24, 2.45) is 0 Å². The molecule has 1 unspecified atom stereocenters. The van der Waals surface area contributed by atoms with Crippen LogP contribution in [-0.4, -0.2) is 36.3 Å². The third-order valence-corrected chi connectivity index (χ3v) is 4.11. The molecule has 2 rings (SSSR count). The van der Waals surface area contributed by atoms with E-state index in [4.69, 9.17) is 9.47 Å². The summed E-state index contributed by atoms with van der Waals surface area (Å²) < 4.78 is 11.9. The van der Waals surface area contributed by atoms with E-state index in [0.29, 0.717) is 6.61 Å². The molecule has 1 aromatic rings. The van der Waals surface area contributed by atoms with E-state index in [0.717, 1.165) is 54.2 Å². The Labute approximate surface area is 128 Å². The van der Waals surface area contributed by atoms with E-state index in [2.05, 4.69) is 38.1 Å². The van der Waals surface area contributed by atoms with Crippen molar-refractivity contribution >= 4 is 21.7 Å². The fourth-order valence-corrected chi connectivity index (χ4v) is 2.76. The molecule has 1 aliphatic rings. The van der Waals surface area contributed by atoms with Gasteiger partial charge in [-0.15, -0.1) is 0 Å². The highest BCUT2D eigenvalue weighted by atomic mass is 79.9. The standard InChI is InChI=1S/C14H22BrN3O2/c1-3-16-14-13(15)11(9-19-2)17-12(18-14)8-10-6-4-5-7-20-10/h10H,3-9H2,1-2H3,(H,16,17,18). The summed E-state index contributed by atoms with van der Waals surface area (Å²) in [5, 5.41) is 3.26. The number of anilines is 1. The van der Waals surface area contributed by atoms with Gasteiger partial charge < -0.3 is 14.8 Å². The van der Waals surface area contributed by atoms with E-state index in [1.807, 2.05) is 0 Å². The highest BCUT2D eigenvalue weighted by Gasteiger charge is 2.18. The molecule has 0 amide bonds. The van der Waals surface area contributed by atoms with E-state index >= 15 is 0 Å². The number of hydrogen-bond acceptors (Lipinski definition) is 5. The molecule has 1 aromatic heterocycles. The highest BCUT2D eigenvalue weighted by Crippen LogP contribution is 2.25. The first-order valence-corrected chi connectivity index (χ1v) is 7.93. The monoisotopic (exact) mass is 343 g/mol. The predicted molar refractivity (Wildman–Crippen MR) is 81.9 cm³/mol. The number of hydrogen-bond donors (Lipinski definition) is 1. The molecular weight excluding hydrogens is 322 g/mol. The van der Waals surface area contributed by atoms with Gasteiger partial charge in [-0.2, -0.15) is 0 Å². The lowest BCUT2D eigenvalue weighted by molar-refractivity contribution is 0.0156. The molecular formula is C14H22BrN3O2. The van der Waals surface area contributed by atoms with Crippen LogP contribution in [0, 0.1) is 0 Å². The number of aromatic nitrogens is 2. The summed E-state index contributed by atoms with van der Waals surface area (Å²) in [6.45, 7) is 4.20. The van der Waals surface area contributed by atoms with Crippen LogP contribution in [-0.2, 0) is 22.5 Å². The van der Waals surface area contributed by atoms with Crippen molar-refractivity contribution < 1.29 is 9.47 Å². The van der Waals surface area contributed by atoms with Gasteiger partial charge in [-0.25, -0.2) is 9.97 Å². The summed E-state index contributed by atoms with van der Waals surface area (Å²) in [5.41, 5.74) is 0.879. The van der Waals surface area contributed by atoms with Gasteiger partial charge in [-0.3, -0.25) is 0 Å². The second-order valence-electron chi connectivity index (χ2n) is 4.91. The van der Waals surface area contributed by atoms with Crippen LogP contribution in [0.3, 0.4) is 0 Å². The first-order chi connectivity index (χ1) is 9.74. The SMILES string of the molecule is CCNc1nc(CC2CCCCO2)nc(COC)c1Br. The average molecular weight is 344 g/mol. The van der Waals surface area contributed by atoms with E-state index in [-0.39, 0.29) is 6.10 Å². The average Bonchev–Trinajstić information content (AvgIpc) is 2.45. The second-order valence-corrected chi connectivity index (χ2v) is 5.70. The summed E-state index contributed by atoms with van der Waals surface area (Å²) >= 11 is 3.54. The molecule has 0 bridgehead atoms. The largest absolute Gasteiger partial charge is 0.378 e. The number of nitrogens with zero attached hydrogens (tertiary/aromatic N) is 2. The molecule has 1 saturated heterocycles. The lowest BCUT2D eigenvalue weighted by Gasteiger charge is -2.22. The van der Waals surface area contributed by atoms with Crippen molar-refractivity contribution in [3.05, 3.63) is 16.0 Å². The van der Waals surface area contributed by atoms with Crippen LogP contribution in [0.25, 0.3) is 0 Å². The zero-order valence-corrected chi connectivity index (χ0v) is 13.7. The first kappa shape index (κ1) is 15.7. The molecule has 6 heteroatoms. The maximum atomic E-state index is 5.77. The van der Waals surface area contributed by atoms with Gasteiger partial charge in [-0.05, 0) is 42.1 Å². The molecule has 0 saturated carbocycles. The van der Waals surface area contributed by atoms with Crippen LogP contribution >= 0.6 is 15.9 Å². The zero-order chi connectivity index (χ0) is 14.4. The Morgan fingerprint density at radius 2 is 2.25 bits per heavy atom. The normalized spacial score (nSPS) is 19.1. The van der Waals surface area contributed by atoms with E-state index in [1.54, 1.807) is 7.11 Å². The minimum Gasteiger partial charge on any atom is -0.378 e. The van der Waals surface area contributed by atoms with E-state index in [9.17, 15) is 0 Å². The van der Waals surface area contributed by atoms with Crippen molar-refractivity contribution in [1.82, 2.24) is 9.97 Å². The molecule has 0 aromatic carbocycles. The predicted octanol–water partition coefficient (Wildman–Crippen LogP) is 2.93. The van der Waals surface area contributed by atoms with Gasteiger partial charge in [0.25, 0.3) is 0 Å². The smallest absolute Gasteiger partial charge is 0.144 e. The van der Waals surface area contributed by atoms with Gasteiger partial charge in [0.2, 0.25) is 0 Å². The number of nitrogens with one attached hydrogen (secondary N) is 1. The summed E-state index contributed by atoms with van der Waals surface area (Å²) in [5.74, 6) is 1.66. The minimum absolute atomic E-state index is 0.245. The molecule has 20 heavy (non-hydrogen) atoms. The Balaban J connectivity index is 2.17. The molecule has 0 radical (unpaired) electrons. The Morgan fingerprint density at radius 1 is 1.40 bits per heavy atom. The zero-order valence-electron chi connectivity index (χ0n) is 12.1. The highest BCUT2D eigenvalue weighted by molar-refractivity contribution is 9.10. The number of methoxy groups -OCH3 is 1. The lowest BCUT2D eigenvalue weighted by atomic mass is 10.1. The molecule has 1 N–H and O–H groups in total. The van der Waals surface area contributed by atoms with Crippen molar-refractivity contribution in [3.8, 4) is 0 Å². The first-order valence-electron chi connectivity index (χ1n) is 7.14. The Morgan fingerprint density at radius 3 is 2.90 bits per heavy atom. The van der Waals surface area contributed by atoms with Crippen molar-refractivity contribution in [1.29, 1.82) is 0 Å². The quantitative estimate of drug-likeness (QED) is 0.860. The maximum absolute atomic E-state index is 5.77. The lowest BCUT2D eigenvalue weighted by Crippen LogP contribution is -2.23. The Bertz CT molecular complexity index is 409. The minimum atomic E-state index is 0.245. The van der Waals surface area contributed by atoms with Crippen LogP contribution in [0.2, 0.25) is 0 Å². The Hall–Kier alpha value is -0.720. The molecule has 5 nitrogen and oxygen atoms in total. The molecule has 1 fully saturated rings. The summed E-state index contributed by atoms with van der Waals surface area (Å²) in [7, 11) is 1.67. The fraction of sp³-hybridized carbons (Fsp3) is 0.714. The van der Waals surface area contributed by atoms with Crippen molar-refractivity contribution in [2.45, 2.75) is 45.3 Å². The van der Waals surface area contributed by atoms with E-state index in [1.165, 1.54) is 6.42 Å². The van der Waals surface area contributed by atoms with Crippen LogP contribution in [0.4, 0.5) is 5.82 Å². The van der Waals surface area contributed by atoms with Gasteiger partial charge in [-0.1, -0.05) is 0 Å². The van der Waals surface area contributed by atoms with Crippen LogP contribution < -0.4 is 5.32 Å². The third kappa shape index (κ3) is 4.14.